The number of hydrogen-bond acceptors (Lipinski definition) is 3. The highest BCUT2D eigenvalue weighted by molar-refractivity contribution is 7.99. The maximum Gasteiger partial charge on any atom is 0.221 e. The van der Waals surface area contributed by atoms with Crippen LogP contribution in [0.3, 0.4) is 0 Å². The van der Waals surface area contributed by atoms with Crippen molar-refractivity contribution in [3.63, 3.8) is 0 Å². The Hall–Kier alpha value is -0.660. The monoisotopic (exact) mass is 226 g/mol. The molecule has 0 saturated carbocycles. The van der Waals surface area contributed by atoms with Gasteiger partial charge < -0.3 is 10.6 Å². The quantitative estimate of drug-likeness (QED) is 0.515. The molecule has 1 fully saturated rings. The lowest BCUT2D eigenvalue weighted by Crippen LogP contribution is -2.32. The lowest BCUT2D eigenvalue weighted by Gasteiger charge is -2.09. The van der Waals surface area contributed by atoms with Gasteiger partial charge in [0.1, 0.15) is 0 Å². The zero-order chi connectivity index (χ0) is 10.9. The number of rotatable bonds is 6. The van der Waals surface area contributed by atoms with Gasteiger partial charge in [-0.25, -0.2) is 0 Å². The van der Waals surface area contributed by atoms with Crippen LogP contribution in [0.5, 0.6) is 0 Å². The van der Waals surface area contributed by atoms with E-state index in [4.69, 9.17) is 6.42 Å². The van der Waals surface area contributed by atoms with E-state index in [1.165, 1.54) is 6.42 Å². The van der Waals surface area contributed by atoms with E-state index >= 15 is 0 Å². The summed E-state index contributed by atoms with van der Waals surface area (Å²) in [7, 11) is 0. The topological polar surface area (TPSA) is 41.1 Å². The summed E-state index contributed by atoms with van der Waals surface area (Å²) in [4.78, 5) is 11.4. The molecule has 1 saturated heterocycles. The van der Waals surface area contributed by atoms with E-state index in [-0.39, 0.29) is 5.91 Å². The number of terminal acetylenes is 1. The molecule has 1 aliphatic heterocycles. The molecule has 2 N–H and O–H groups in total. The number of amides is 1. The van der Waals surface area contributed by atoms with Crippen molar-refractivity contribution >= 4 is 17.7 Å². The summed E-state index contributed by atoms with van der Waals surface area (Å²) in [6.45, 7) is 1.77. The van der Waals surface area contributed by atoms with Gasteiger partial charge in [0.25, 0.3) is 0 Å². The van der Waals surface area contributed by atoms with Gasteiger partial charge in [0.15, 0.2) is 0 Å². The van der Waals surface area contributed by atoms with Crippen LogP contribution >= 0.6 is 11.8 Å². The Kier molecular flexibility index (Phi) is 6.29. The first-order valence-corrected chi connectivity index (χ1v) is 6.49. The summed E-state index contributed by atoms with van der Waals surface area (Å²) >= 11 is 1.67. The first kappa shape index (κ1) is 12.4. The summed E-state index contributed by atoms with van der Waals surface area (Å²) < 4.78 is 0. The van der Waals surface area contributed by atoms with Gasteiger partial charge >= 0.3 is 0 Å². The highest BCUT2D eigenvalue weighted by Crippen LogP contribution is 2.08. The van der Waals surface area contributed by atoms with Crippen LogP contribution in [0.15, 0.2) is 0 Å². The molecule has 3 nitrogen and oxygen atoms in total. The van der Waals surface area contributed by atoms with Crippen LogP contribution in [0.25, 0.3) is 0 Å². The van der Waals surface area contributed by atoms with Gasteiger partial charge in [0.2, 0.25) is 5.91 Å². The molecule has 0 aliphatic carbocycles. The highest BCUT2D eigenvalue weighted by atomic mass is 32.2. The van der Waals surface area contributed by atoms with Crippen molar-refractivity contribution in [2.45, 2.75) is 25.3 Å². The molecule has 1 heterocycles. The molecule has 1 amide bonds. The van der Waals surface area contributed by atoms with Crippen molar-refractivity contribution in [3.8, 4) is 12.3 Å². The fraction of sp³-hybridized carbons (Fsp3) is 0.727. The van der Waals surface area contributed by atoms with E-state index in [0.29, 0.717) is 12.5 Å². The predicted molar refractivity (Wildman–Crippen MR) is 64.8 cm³/mol. The third kappa shape index (κ3) is 5.71. The summed E-state index contributed by atoms with van der Waals surface area (Å²) in [5.74, 6) is 4.32. The average Bonchev–Trinajstić information content (AvgIpc) is 2.70. The van der Waals surface area contributed by atoms with E-state index in [1.54, 1.807) is 11.8 Å². The first-order chi connectivity index (χ1) is 7.33. The fourth-order valence-electron chi connectivity index (χ4n) is 1.62. The number of nitrogens with one attached hydrogen (secondary N) is 2. The predicted octanol–water partition coefficient (Wildman–Crippen LogP) is 0.611. The third-order valence-corrected chi connectivity index (χ3v) is 3.21. The minimum atomic E-state index is 0.149. The second kappa shape index (κ2) is 7.61. The van der Waals surface area contributed by atoms with Crippen LogP contribution in [-0.4, -0.2) is 36.5 Å². The van der Waals surface area contributed by atoms with E-state index < -0.39 is 0 Å². The first-order valence-electron chi connectivity index (χ1n) is 5.34. The smallest absolute Gasteiger partial charge is 0.221 e. The van der Waals surface area contributed by atoms with E-state index in [9.17, 15) is 4.79 Å². The fourth-order valence-corrected chi connectivity index (χ4v) is 2.13. The van der Waals surface area contributed by atoms with Crippen LogP contribution in [-0.2, 0) is 4.79 Å². The molecule has 0 aromatic carbocycles. The van der Waals surface area contributed by atoms with E-state index in [1.807, 2.05) is 0 Å². The Morgan fingerprint density at radius 1 is 1.67 bits per heavy atom. The van der Waals surface area contributed by atoms with Crippen LogP contribution in [0.4, 0.5) is 0 Å². The van der Waals surface area contributed by atoms with Crippen LogP contribution in [0, 0.1) is 12.3 Å². The molecular weight excluding hydrogens is 208 g/mol. The van der Waals surface area contributed by atoms with Gasteiger partial charge in [0, 0.05) is 24.8 Å². The molecule has 15 heavy (non-hydrogen) atoms. The van der Waals surface area contributed by atoms with Crippen LogP contribution in [0.1, 0.15) is 19.3 Å². The number of thioether (sulfide) groups is 1. The van der Waals surface area contributed by atoms with Gasteiger partial charge in [-0.15, -0.1) is 18.2 Å². The van der Waals surface area contributed by atoms with Gasteiger partial charge in [0.05, 0.1) is 5.75 Å². The Labute approximate surface area is 95.8 Å². The van der Waals surface area contributed by atoms with Crippen molar-refractivity contribution in [3.05, 3.63) is 0 Å². The average molecular weight is 226 g/mol. The van der Waals surface area contributed by atoms with Gasteiger partial charge in [-0.1, -0.05) is 5.92 Å². The highest BCUT2D eigenvalue weighted by Gasteiger charge is 2.16. The second-order valence-corrected chi connectivity index (χ2v) is 4.71. The summed E-state index contributed by atoms with van der Waals surface area (Å²) in [6.07, 6.45) is 8.04. The van der Waals surface area contributed by atoms with Crippen molar-refractivity contribution in [1.29, 1.82) is 0 Å². The van der Waals surface area contributed by atoms with E-state index in [0.717, 1.165) is 31.0 Å². The molecule has 0 aromatic rings. The largest absolute Gasteiger partial charge is 0.355 e. The van der Waals surface area contributed by atoms with Crippen molar-refractivity contribution < 1.29 is 4.79 Å². The molecule has 1 atom stereocenters. The van der Waals surface area contributed by atoms with Gasteiger partial charge in [-0.05, 0) is 19.4 Å². The van der Waals surface area contributed by atoms with Crippen molar-refractivity contribution in [2.24, 2.45) is 0 Å². The summed E-state index contributed by atoms with van der Waals surface area (Å²) in [5, 5.41) is 6.21. The Morgan fingerprint density at radius 2 is 2.53 bits per heavy atom. The molecule has 1 unspecified atom stereocenters. The molecule has 1 aliphatic rings. The molecule has 0 bridgehead atoms. The SMILES string of the molecule is C#CCSCCNC(=O)CC1CCCN1. The lowest BCUT2D eigenvalue weighted by molar-refractivity contribution is -0.121. The van der Waals surface area contributed by atoms with Crippen molar-refractivity contribution in [2.75, 3.05) is 24.6 Å². The Bertz CT molecular complexity index is 231. The number of carbonyl (C=O) groups excluding carboxylic acids is 1. The second-order valence-electron chi connectivity index (χ2n) is 3.60. The summed E-state index contributed by atoms with van der Waals surface area (Å²) in [6, 6.07) is 0.392. The molecule has 0 aromatic heterocycles. The molecule has 0 radical (unpaired) electrons. The maximum absolute atomic E-state index is 11.4. The number of hydrogen-bond donors (Lipinski definition) is 2. The Balaban J connectivity index is 1.96. The standard InChI is InChI=1S/C11H18N2OS/c1-2-7-15-8-6-13-11(14)9-10-4-3-5-12-10/h1,10,12H,3-9H2,(H,13,14). The van der Waals surface area contributed by atoms with Gasteiger partial charge in [-0.3, -0.25) is 4.79 Å². The van der Waals surface area contributed by atoms with Crippen molar-refractivity contribution in [1.82, 2.24) is 10.6 Å². The van der Waals surface area contributed by atoms with Gasteiger partial charge in [-0.2, -0.15) is 0 Å². The normalized spacial score (nSPS) is 19.8. The zero-order valence-corrected chi connectivity index (χ0v) is 9.74. The maximum atomic E-state index is 11.4. The minimum absolute atomic E-state index is 0.149. The van der Waals surface area contributed by atoms with Crippen LogP contribution < -0.4 is 10.6 Å². The molecular formula is C11H18N2OS. The zero-order valence-electron chi connectivity index (χ0n) is 8.92. The number of carbonyl (C=O) groups is 1. The third-order valence-electron chi connectivity index (χ3n) is 2.35. The molecule has 1 rings (SSSR count). The Morgan fingerprint density at radius 3 is 3.20 bits per heavy atom. The van der Waals surface area contributed by atoms with Crippen LogP contribution in [0.2, 0.25) is 0 Å². The lowest BCUT2D eigenvalue weighted by atomic mass is 10.1. The molecule has 84 valence electrons. The molecule has 4 heteroatoms. The summed E-state index contributed by atoms with van der Waals surface area (Å²) in [5.41, 5.74) is 0. The molecule has 0 spiro atoms. The van der Waals surface area contributed by atoms with E-state index in [2.05, 4.69) is 16.6 Å². The minimum Gasteiger partial charge on any atom is -0.355 e.